The van der Waals surface area contributed by atoms with Gasteiger partial charge in [0.15, 0.2) is 5.75 Å². The summed E-state index contributed by atoms with van der Waals surface area (Å²) in [5, 5.41) is 12.3. The standard InChI is InChI=1S/C21H22N4O2/c1-14-18(15(2)25-24-14)12-16(13-22)21(26)23-19-10-6-7-11-20(19)27-17-8-4-3-5-9-17/h3-12,14-15,18,24-25H,1-2H3,(H,23,26)/b16-12-. The number of nitriles is 1. The Hall–Kier alpha value is -3.14. The fraction of sp³-hybridized carbons (Fsp3) is 0.238. The van der Waals surface area contributed by atoms with E-state index in [-0.39, 0.29) is 23.6 Å². The van der Waals surface area contributed by atoms with Crippen LogP contribution in [0.1, 0.15) is 13.8 Å². The van der Waals surface area contributed by atoms with Crippen molar-refractivity contribution in [3.05, 3.63) is 66.2 Å². The third-order valence-corrected chi connectivity index (χ3v) is 4.52. The summed E-state index contributed by atoms with van der Waals surface area (Å²) < 4.78 is 5.85. The SMILES string of the molecule is CC1NNC(C)C1/C=C(/C#N)C(=O)Nc1ccccc1Oc1ccccc1. The zero-order valence-electron chi connectivity index (χ0n) is 15.3. The smallest absolute Gasteiger partial charge is 0.266 e. The maximum Gasteiger partial charge on any atom is 0.266 e. The van der Waals surface area contributed by atoms with Crippen molar-refractivity contribution in [1.29, 1.82) is 5.26 Å². The summed E-state index contributed by atoms with van der Waals surface area (Å²) in [6.07, 6.45) is 1.72. The van der Waals surface area contributed by atoms with E-state index in [1.807, 2.05) is 56.3 Å². The van der Waals surface area contributed by atoms with E-state index in [1.54, 1.807) is 24.3 Å². The summed E-state index contributed by atoms with van der Waals surface area (Å²) in [7, 11) is 0. The molecule has 0 bridgehead atoms. The average Bonchev–Trinajstić information content (AvgIpc) is 3.00. The second-order valence-corrected chi connectivity index (χ2v) is 6.50. The van der Waals surface area contributed by atoms with Crippen LogP contribution in [0.15, 0.2) is 66.2 Å². The molecule has 3 N–H and O–H groups in total. The van der Waals surface area contributed by atoms with Crippen LogP contribution >= 0.6 is 0 Å². The summed E-state index contributed by atoms with van der Waals surface area (Å²) in [5.41, 5.74) is 6.83. The van der Waals surface area contributed by atoms with Gasteiger partial charge in [-0.25, -0.2) is 0 Å². The average molecular weight is 362 g/mol. The molecule has 6 nitrogen and oxygen atoms in total. The van der Waals surface area contributed by atoms with Crippen LogP contribution in [-0.2, 0) is 4.79 Å². The van der Waals surface area contributed by atoms with E-state index in [0.29, 0.717) is 17.2 Å². The summed E-state index contributed by atoms with van der Waals surface area (Å²) in [6.45, 7) is 4.02. The van der Waals surface area contributed by atoms with Crippen LogP contribution in [0, 0.1) is 17.2 Å². The highest BCUT2D eigenvalue weighted by molar-refractivity contribution is 6.07. The molecule has 0 saturated carbocycles. The van der Waals surface area contributed by atoms with E-state index in [0.717, 1.165) is 0 Å². The second-order valence-electron chi connectivity index (χ2n) is 6.50. The van der Waals surface area contributed by atoms with Gasteiger partial charge in [-0.2, -0.15) is 5.26 Å². The number of nitrogens with one attached hydrogen (secondary N) is 3. The number of para-hydroxylation sites is 3. The zero-order valence-corrected chi connectivity index (χ0v) is 15.3. The number of hydrogen-bond donors (Lipinski definition) is 3. The van der Waals surface area contributed by atoms with Crippen molar-refractivity contribution in [2.45, 2.75) is 25.9 Å². The van der Waals surface area contributed by atoms with E-state index in [9.17, 15) is 10.1 Å². The molecule has 1 fully saturated rings. The minimum Gasteiger partial charge on any atom is -0.455 e. The second kappa shape index (κ2) is 8.49. The Morgan fingerprint density at radius 3 is 2.37 bits per heavy atom. The minimum atomic E-state index is -0.451. The lowest BCUT2D eigenvalue weighted by Gasteiger charge is -2.15. The van der Waals surface area contributed by atoms with Crippen LogP contribution in [0.4, 0.5) is 5.69 Å². The predicted octanol–water partition coefficient (Wildman–Crippen LogP) is 3.37. The molecule has 1 amide bonds. The molecule has 1 aliphatic rings. The van der Waals surface area contributed by atoms with Gasteiger partial charge in [0.25, 0.3) is 5.91 Å². The van der Waals surface area contributed by atoms with Crippen LogP contribution in [0.25, 0.3) is 0 Å². The number of hydrogen-bond acceptors (Lipinski definition) is 5. The Morgan fingerprint density at radius 1 is 1.07 bits per heavy atom. The Kier molecular flexibility index (Phi) is 5.87. The van der Waals surface area contributed by atoms with Crippen molar-refractivity contribution >= 4 is 11.6 Å². The fourth-order valence-corrected chi connectivity index (χ4v) is 3.00. The molecule has 0 spiro atoms. The van der Waals surface area contributed by atoms with Gasteiger partial charge >= 0.3 is 0 Å². The van der Waals surface area contributed by atoms with Gasteiger partial charge in [0.05, 0.1) is 5.69 Å². The Balaban J connectivity index is 1.78. The van der Waals surface area contributed by atoms with Crippen molar-refractivity contribution in [2.75, 3.05) is 5.32 Å². The zero-order chi connectivity index (χ0) is 19.2. The quantitative estimate of drug-likeness (QED) is 0.561. The van der Waals surface area contributed by atoms with E-state index < -0.39 is 5.91 Å². The molecule has 1 aliphatic heterocycles. The summed E-state index contributed by atoms with van der Waals surface area (Å²) >= 11 is 0. The van der Waals surface area contributed by atoms with E-state index in [1.165, 1.54) is 0 Å². The fourth-order valence-electron chi connectivity index (χ4n) is 3.00. The largest absolute Gasteiger partial charge is 0.455 e. The summed E-state index contributed by atoms with van der Waals surface area (Å²) in [5.74, 6) is 0.774. The molecule has 2 unspecified atom stereocenters. The monoisotopic (exact) mass is 362 g/mol. The van der Waals surface area contributed by atoms with Gasteiger partial charge in [-0.05, 0) is 38.1 Å². The highest BCUT2D eigenvalue weighted by Gasteiger charge is 2.29. The van der Waals surface area contributed by atoms with Gasteiger partial charge in [0, 0.05) is 18.0 Å². The van der Waals surface area contributed by atoms with Crippen molar-refractivity contribution in [3.8, 4) is 17.6 Å². The molecule has 138 valence electrons. The predicted molar refractivity (Wildman–Crippen MR) is 104 cm³/mol. The molecule has 27 heavy (non-hydrogen) atoms. The molecule has 3 rings (SSSR count). The van der Waals surface area contributed by atoms with Crippen LogP contribution < -0.4 is 20.9 Å². The Labute approximate surface area is 158 Å². The minimum absolute atomic E-state index is 0.0428. The van der Waals surface area contributed by atoms with E-state index in [2.05, 4.69) is 16.2 Å². The lowest BCUT2D eigenvalue weighted by atomic mass is 9.94. The Bertz CT molecular complexity index is 863. The number of anilines is 1. The van der Waals surface area contributed by atoms with Gasteiger partial charge in [-0.15, -0.1) is 0 Å². The lowest BCUT2D eigenvalue weighted by Crippen LogP contribution is -2.30. The van der Waals surface area contributed by atoms with Gasteiger partial charge in [0.2, 0.25) is 0 Å². The molecule has 1 heterocycles. The molecule has 1 saturated heterocycles. The number of hydrazine groups is 1. The molecule has 0 aromatic heterocycles. The van der Waals surface area contributed by atoms with Crippen LogP contribution in [0.5, 0.6) is 11.5 Å². The number of ether oxygens (including phenoxy) is 1. The first-order chi connectivity index (χ1) is 13.1. The van der Waals surface area contributed by atoms with Gasteiger partial charge < -0.3 is 10.1 Å². The summed E-state index contributed by atoms with van der Waals surface area (Å²) in [6, 6.07) is 18.7. The summed E-state index contributed by atoms with van der Waals surface area (Å²) in [4.78, 5) is 12.7. The number of carbonyl (C=O) groups is 1. The Morgan fingerprint density at radius 2 is 1.70 bits per heavy atom. The number of carbonyl (C=O) groups excluding carboxylic acids is 1. The van der Waals surface area contributed by atoms with Gasteiger partial charge in [-0.1, -0.05) is 36.4 Å². The number of nitrogens with zero attached hydrogens (tertiary/aromatic N) is 1. The highest BCUT2D eigenvalue weighted by atomic mass is 16.5. The first-order valence-corrected chi connectivity index (χ1v) is 8.84. The van der Waals surface area contributed by atoms with Crippen molar-refractivity contribution in [1.82, 2.24) is 10.9 Å². The topological polar surface area (TPSA) is 86.2 Å². The third-order valence-electron chi connectivity index (χ3n) is 4.52. The van der Waals surface area contributed by atoms with Crippen LogP contribution in [0.2, 0.25) is 0 Å². The van der Waals surface area contributed by atoms with Crippen molar-refractivity contribution in [3.63, 3.8) is 0 Å². The first kappa shape index (κ1) is 18.6. The first-order valence-electron chi connectivity index (χ1n) is 8.84. The molecule has 6 heteroatoms. The van der Waals surface area contributed by atoms with Crippen LogP contribution in [-0.4, -0.2) is 18.0 Å². The number of rotatable bonds is 5. The number of benzene rings is 2. The van der Waals surface area contributed by atoms with Crippen molar-refractivity contribution in [2.24, 2.45) is 5.92 Å². The molecule has 2 aromatic rings. The highest BCUT2D eigenvalue weighted by Crippen LogP contribution is 2.29. The number of amides is 1. The maximum atomic E-state index is 12.7. The molecule has 2 aromatic carbocycles. The molecule has 0 radical (unpaired) electrons. The van der Waals surface area contributed by atoms with Gasteiger partial charge in [0.1, 0.15) is 17.4 Å². The molecule has 0 aliphatic carbocycles. The maximum absolute atomic E-state index is 12.7. The van der Waals surface area contributed by atoms with E-state index >= 15 is 0 Å². The van der Waals surface area contributed by atoms with Gasteiger partial charge in [-0.3, -0.25) is 15.6 Å². The normalized spacial score (nSPS) is 22.1. The van der Waals surface area contributed by atoms with Crippen LogP contribution in [0.3, 0.4) is 0 Å². The lowest BCUT2D eigenvalue weighted by molar-refractivity contribution is -0.112. The van der Waals surface area contributed by atoms with E-state index in [4.69, 9.17) is 4.74 Å². The van der Waals surface area contributed by atoms with Crippen molar-refractivity contribution < 1.29 is 9.53 Å². The molecular weight excluding hydrogens is 340 g/mol. The third kappa shape index (κ3) is 4.53. The molecule has 2 atom stereocenters. The molecular formula is C21H22N4O2.